The number of carbonyl (C=O) groups excluding carboxylic acids is 1. The maximum absolute atomic E-state index is 11.9. The molecule has 6 heteroatoms. The van der Waals surface area contributed by atoms with E-state index in [9.17, 15) is 4.79 Å². The number of amides is 1. The summed E-state index contributed by atoms with van der Waals surface area (Å²) in [6.45, 7) is 3.69. The number of hydrogen-bond donors (Lipinski definition) is 0. The molecule has 1 fully saturated rings. The van der Waals surface area contributed by atoms with Crippen LogP contribution >= 0.6 is 0 Å². The smallest absolute Gasteiger partial charge is 0.248 e. The lowest BCUT2D eigenvalue weighted by atomic mass is 10.0. The summed E-state index contributed by atoms with van der Waals surface area (Å²) in [5.41, 5.74) is 4.45. The van der Waals surface area contributed by atoms with Crippen molar-refractivity contribution in [1.29, 1.82) is 0 Å². The molecule has 1 saturated heterocycles. The van der Waals surface area contributed by atoms with Crippen molar-refractivity contribution in [1.82, 2.24) is 14.3 Å². The molecule has 0 atom stereocenters. The molecule has 1 amide bonds. The first kappa shape index (κ1) is 18.5. The van der Waals surface area contributed by atoms with Crippen LogP contribution in [0.3, 0.4) is 0 Å². The summed E-state index contributed by atoms with van der Waals surface area (Å²) in [7, 11) is 1.55. The Morgan fingerprint density at radius 3 is 2.61 bits per heavy atom. The normalized spacial score (nSPS) is 15.1. The number of aromatic nitrogens is 2. The maximum atomic E-state index is 11.9. The van der Waals surface area contributed by atoms with Crippen LogP contribution in [-0.4, -0.2) is 53.1 Å². The number of benzene rings is 1. The zero-order valence-corrected chi connectivity index (χ0v) is 16.3. The standard InChI is InChI=1S/C22H25N3O3/c1-16-20(7-8-21-23-11-14-25(16)21)17-3-5-18(6-4-17)28-19-9-12-24(13-10-19)22(26)15-27-2/h3-8,11,14,19H,9-10,12-13,15H2,1-2H3. The maximum Gasteiger partial charge on any atom is 0.248 e. The van der Waals surface area contributed by atoms with Crippen LogP contribution < -0.4 is 4.74 Å². The van der Waals surface area contributed by atoms with Crippen LogP contribution in [0, 0.1) is 6.92 Å². The van der Waals surface area contributed by atoms with E-state index < -0.39 is 0 Å². The van der Waals surface area contributed by atoms with Gasteiger partial charge < -0.3 is 18.8 Å². The van der Waals surface area contributed by atoms with Crippen LogP contribution in [0.5, 0.6) is 5.75 Å². The van der Waals surface area contributed by atoms with Gasteiger partial charge in [-0.25, -0.2) is 4.98 Å². The Morgan fingerprint density at radius 1 is 1.14 bits per heavy atom. The van der Waals surface area contributed by atoms with Gasteiger partial charge in [0.15, 0.2) is 0 Å². The SMILES string of the molecule is COCC(=O)N1CCC(Oc2ccc(-c3ccc4nccn4c3C)cc2)CC1. The summed E-state index contributed by atoms with van der Waals surface area (Å²) < 4.78 is 13.2. The van der Waals surface area contributed by atoms with Crippen LogP contribution in [0.15, 0.2) is 48.8 Å². The molecule has 0 bridgehead atoms. The number of pyridine rings is 1. The minimum Gasteiger partial charge on any atom is -0.490 e. The Morgan fingerprint density at radius 2 is 1.89 bits per heavy atom. The van der Waals surface area contributed by atoms with Gasteiger partial charge in [-0.1, -0.05) is 12.1 Å². The summed E-state index contributed by atoms with van der Waals surface area (Å²) in [5.74, 6) is 0.919. The van der Waals surface area contributed by atoms with E-state index in [1.807, 2.05) is 35.5 Å². The van der Waals surface area contributed by atoms with Crippen LogP contribution in [0.1, 0.15) is 18.5 Å². The second-order valence-electron chi connectivity index (χ2n) is 7.14. The van der Waals surface area contributed by atoms with Gasteiger partial charge in [-0.15, -0.1) is 0 Å². The van der Waals surface area contributed by atoms with Crippen molar-refractivity contribution in [3.8, 4) is 16.9 Å². The van der Waals surface area contributed by atoms with Gasteiger partial charge in [0.05, 0.1) is 0 Å². The molecule has 0 saturated carbocycles. The number of imidazole rings is 1. The number of likely N-dealkylation sites (tertiary alicyclic amines) is 1. The highest BCUT2D eigenvalue weighted by atomic mass is 16.5. The highest BCUT2D eigenvalue weighted by Crippen LogP contribution is 2.27. The Kier molecular flexibility index (Phi) is 5.30. The predicted octanol–water partition coefficient (Wildman–Crippen LogP) is 3.33. The third-order valence-corrected chi connectivity index (χ3v) is 5.35. The first-order valence-electron chi connectivity index (χ1n) is 9.62. The molecular formula is C22H25N3O3. The number of piperidine rings is 1. The number of aryl methyl sites for hydroxylation is 1. The van der Waals surface area contributed by atoms with Crippen molar-refractivity contribution in [3.63, 3.8) is 0 Å². The van der Waals surface area contributed by atoms with Gasteiger partial charge in [0.2, 0.25) is 5.91 Å². The van der Waals surface area contributed by atoms with E-state index in [0.29, 0.717) is 0 Å². The first-order valence-corrected chi connectivity index (χ1v) is 9.62. The molecule has 1 aliphatic rings. The molecule has 0 spiro atoms. The van der Waals surface area contributed by atoms with Gasteiger partial charge in [-0.05, 0) is 36.8 Å². The second kappa shape index (κ2) is 8.02. The van der Waals surface area contributed by atoms with E-state index >= 15 is 0 Å². The summed E-state index contributed by atoms with van der Waals surface area (Å²) in [6.07, 6.45) is 5.62. The number of methoxy groups -OCH3 is 1. The summed E-state index contributed by atoms with van der Waals surface area (Å²) in [6, 6.07) is 12.4. The van der Waals surface area contributed by atoms with Crippen molar-refractivity contribution in [3.05, 3.63) is 54.5 Å². The molecule has 1 aromatic carbocycles. The lowest BCUT2D eigenvalue weighted by Gasteiger charge is -2.32. The summed E-state index contributed by atoms with van der Waals surface area (Å²) in [5, 5.41) is 0. The van der Waals surface area contributed by atoms with Crippen molar-refractivity contribution in [2.45, 2.75) is 25.9 Å². The van der Waals surface area contributed by atoms with Crippen molar-refractivity contribution >= 4 is 11.6 Å². The summed E-state index contributed by atoms with van der Waals surface area (Å²) >= 11 is 0. The van der Waals surface area contributed by atoms with E-state index in [0.717, 1.165) is 48.6 Å². The molecule has 0 unspecified atom stereocenters. The topological polar surface area (TPSA) is 56.1 Å². The molecule has 2 aromatic heterocycles. The van der Waals surface area contributed by atoms with Gasteiger partial charge in [0, 0.05) is 56.7 Å². The highest BCUT2D eigenvalue weighted by Gasteiger charge is 2.23. The number of nitrogens with zero attached hydrogens (tertiary/aromatic N) is 3. The number of rotatable bonds is 5. The Labute approximate surface area is 164 Å². The molecule has 3 heterocycles. The van der Waals surface area contributed by atoms with Crippen LogP contribution in [0.2, 0.25) is 0 Å². The fourth-order valence-corrected chi connectivity index (χ4v) is 3.78. The zero-order valence-electron chi connectivity index (χ0n) is 16.3. The fraction of sp³-hybridized carbons (Fsp3) is 0.364. The number of ether oxygens (including phenoxy) is 2. The molecule has 6 nitrogen and oxygen atoms in total. The molecule has 0 radical (unpaired) electrons. The van der Waals surface area contributed by atoms with Crippen LogP contribution in [0.4, 0.5) is 0 Å². The predicted molar refractivity (Wildman–Crippen MR) is 107 cm³/mol. The third kappa shape index (κ3) is 3.73. The van der Waals surface area contributed by atoms with Crippen molar-refractivity contribution < 1.29 is 14.3 Å². The number of fused-ring (bicyclic) bond motifs is 1. The fourth-order valence-electron chi connectivity index (χ4n) is 3.78. The van der Waals surface area contributed by atoms with E-state index in [1.165, 1.54) is 5.56 Å². The van der Waals surface area contributed by atoms with E-state index in [-0.39, 0.29) is 18.6 Å². The molecule has 28 heavy (non-hydrogen) atoms. The Hall–Kier alpha value is -2.86. The zero-order chi connectivity index (χ0) is 19.5. The molecule has 4 rings (SSSR count). The second-order valence-corrected chi connectivity index (χ2v) is 7.14. The molecular weight excluding hydrogens is 354 g/mol. The van der Waals surface area contributed by atoms with Gasteiger partial charge in [0.1, 0.15) is 24.1 Å². The van der Waals surface area contributed by atoms with Gasteiger partial charge in [-0.3, -0.25) is 4.79 Å². The average molecular weight is 379 g/mol. The molecule has 1 aliphatic heterocycles. The molecule has 3 aromatic rings. The van der Waals surface area contributed by atoms with Crippen molar-refractivity contribution in [2.24, 2.45) is 0 Å². The average Bonchev–Trinajstić information content (AvgIpc) is 3.20. The monoisotopic (exact) mass is 379 g/mol. The molecule has 0 aliphatic carbocycles. The number of hydrogen-bond acceptors (Lipinski definition) is 4. The lowest BCUT2D eigenvalue weighted by Crippen LogP contribution is -2.43. The Bertz CT molecular complexity index is 957. The molecule has 0 N–H and O–H groups in total. The van der Waals surface area contributed by atoms with Crippen LogP contribution in [-0.2, 0) is 9.53 Å². The Balaban J connectivity index is 1.40. The molecule has 146 valence electrons. The minimum absolute atomic E-state index is 0.0514. The van der Waals surface area contributed by atoms with E-state index in [2.05, 4.69) is 34.5 Å². The lowest BCUT2D eigenvalue weighted by molar-refractivity contribution is -0.136. The van der Waals surface area contributed by atoms with Gasteiger partial charge >= 0.3 is 0 Å². The van der Waals surface area contributed by atoms with Gasteiger partial charge in [0.25, 0.3) is 0 Å². The van der Waals surface area contributed by atoms with E-state index in [1.54, 1.807) is 7.11 Å². The minimum atomic E-state index is 0.0514. The number of carbonyl (C=O) groups is 1. The largest absolute Gasteiger partial charge is 0.490 e. The van der Waals surface area contributed by atoms with Gasteiger partial charge in [-0.2, -0.15) is 0 Å². The first-order chi connectivity index (χ1) is 13.7. The third-order valence-electron chi connectivity index (χ3n) is 5.35. The van der Waals surface area contributed by atoms with Crippen LogP contribution in [0.25, 0.3) is 16.8 Å². The highest BCUT2D eigenvalue weighted by molar-refractivity contribution is 5.77. The van der Waals surface area contributed by atoms with E-state index in [4.69, 9.17) is 9.47 Å². The quantitative estimate of drug-likeness (QED) is 0.682. The summed E-state index contributed by atoms with van der Waals surface area (Å²) in [4.78, 5) is 18.1. The van der Waals surface area contributed by atoms with Crippen molar-refractivity contribution in [2.75, 3.05) is 26.8 Å².